The zero-order valence-corrected chi connectivity index (χ0v) is 10.7. The van der Waals surface area contributed by atoms with Gasteiger partial charge in [-0.05, 0) is 31.6 Å². The van der Waals surface area contributed by atoms with Crippen LogP contribution in [-0.4, -0.2) is 41.5 Å². The molecule has 0 aromatic heterocycles. The van der Waals surface area contributed by atoms with E-state index in [0.717, 1.165) is 38.5 Å². The van der Waals surface area contributed by atoms with E-state index in [-0.39, 0.29) is 12.5 Å². The predicted molar refractivity (Wildman–Crippen MR) is 66.9 cm³/mol. The summed E-state index contributed by atoms with van der Waals surface area (Å²) in [5.41, 5.74) is 5.31. The van der Waals surface area contributed by atoms with Crippen LogP contribution < -0.4 is 5.73 Å². The third-order valence-electron chi connectivity index (χ3n) is 4.19. The van der Waals surface area contributed by atoms with Crippen LogP contribution in [0.5, 0.6) is 0 Å². The Morgan fingerprint density at radius 1 is 1.28 bits per heavy atom. The summed E-state index contributed by atoms with van der Waals surface area (Å²) in [5, 5.41) is 8.94. The lowest BCUT2D eigenvalue weighted by Gasteiger charge is -2.32. The van der Waals surface area contributed by atoms with Crippen molar-refractivity contribution in [2.45, 2.75) is 38.5 Å². The van der Waals surface area contributed by atoms with Gasteiger partial charge in [0.15, 0.2) is 0 Å². The molecular weight excluding hydrogens is 232 g/mol. The maximum absolute atomic E-state index is 12.6. The van der Waals surface area contributed by atoms with Crippen LogP contribution in [0.1, 0.15) is 38.5 Å². The van der Waals surface area contributed by atoms with Gasteiger partial charge in [0, 0.05) is 13.1 Å². The first kappa shape index (κ1) is 13.3. The topological polar surface area (TPSA) is 83.6 Å². The maximum atomic E-state index is 12.6. The molecule has 0 heterocycles. The largest absolute Gasteiger partial charge is 0.480 e. The van der Waals surface area contributed by atoms with Crippen LogP contribution in [-0.2, 0) is 9.59 Å². The monoisotopic (exact) mass is 254 g/mol. The Kier molecular flexibility index (Phi) is 3.90. The van der Waals surface area contributed by atoms with Gasteiger partial charge in [0.05, 0.1) is 5.41 Å². The van der Waals surface area contributed by atoms with E-state index in [4.69, 9.17) is 10.8 Å². The van der Waals surface area contributed by atoms with Gasteiger partial charge < -0.3 is 15.7 Å². The number of carboxylic acid groups (broad SMARTS) is 1. The Hall–Kier alpha value is -1.10. The molecule has 0 radical (unpaired) electrons. The summed E-state index contributed by atoms with van der Waals surface area (Å²) < 4.78 is 0. The van der Waals surface area contributed by atoms with Crippen molar-refractivity contribution in [2.75, 3.05) is 19.6 Å². The Morgan fingerprint density at radius 2 is 1.89 bits per heavy atom. The number of carbonyl (C=O) groups is 2. The van der Waals surface area contributed by atoms with Gasteiger partial charge in [-0.15, -0.1) is 0 Å². The van der Waals surface area contributed by atoms with Gasteiger partial charge in [0.25, 0.3) is 0 Å². The summed E-state index contributed by atoms with van der Waals surface area (Å²) in [6.45, 7) is 0.747. The highest BCUT2D eigenvalue weighted by Crippen LogP contribution is 2.40. The van der Waals surface area contributed by atoms with Gasteiger partial charge in [-0.25, -0.2) is 0 Å². The van der Waals surface area contributed by atoms with Crippen molar-refractivity contribution in [3.63, 3.8) is 0 Å². The van der Waals surface area contributed by atoms with Crippen LogP contribution in [0.2, 0.25) is 0 Å². The number of nitrogens with zero attached hydrogens (tertiary/aromatic N) is 1. The first-order chi connectivity index (χ1) is 8.57. The minimum atomic E-state index is -0.936. The van der Waals surface area contributed by atoms with Crippen LogP contribution in [0, 0.1) is 11.3 Å². The summed E-state index contributed by atoms with van der Waals surface area (Å²) in [4.78, 5) is 25.0. The van der Waals surface area contributed by atoms with Gasteiger partial charge >= 0.3 is 5.97 Å². The molecule has 102 valence electrons. The van der Waals surface area contributed by atoms with E-state index in [1.165, 1.54) is 4.90 Å². The third kappa shape index (κ3) is 2.83. The molecule has 18 heavy (non-hydrogen) atoms. The number of amides is 1. The summed E-state index contributed by atoms with van der Waals surface area (Å²) >= 11 is 0. The highest BCUT2D eigenvalue weighted by molar-refractivity contribution is 5.86. The maximum Gasteiger partial charge on any atom is 0.323 e. The van der Waals surface area contributed by atoms with Gasteiger partial charge in [-0.2, -0.15) is 0 Å². The molecule has 0 atom stereocenters. The second-order valence-corrected chi connectivity index (χ2v) is 5.71. The van der Waals surface area contributed by atoms with Crippen molar-refractivity contribution in [1.82, 2.24) is 4.90 Å². The van der Waals surface area contributed by atoms with Crippen molar-refractivity contribution in [3.8, 4) is 0 Å². The Morgan fingerprint density at radius 3 is 2.33 bits per heavy atom. The molecule has 2 fully saturated rings. The molecule has 0 aromatic carbocycles. The standard InChI is InChI=1S/C13H22N2O3/c14-9-13(5-1-2-6-13)12(18)15(8-11(16)17)7-10-3-4-10/h10H,1-9,14H2,(H,16,17). The van der Waals surface area contributed by atoms with Crippen LogP contribution >= 0.6 is 0 Å². The van der Waals surface area contributed by atoms with Crippen molar-refractivity contribution in [3.05, 3.63) is 0 Å². The molecule has 0 saturated heterocycles. The van der Waals surface area contributed by atoms with E-state index in [1.54, 1.807) is 0 Å². The molecule has 1 amide bonds. The average molecular weight is 254 g/mol. The van der Waals surface area contributed by atoms with Crippen molar-refractivity contribution in [1.29, 1.82) is 0 Å². The summed E-state index contributed by atoms with van der Waals surface area (Å²) in [7, 11) is 0. The molecule has 0 unspecified atom stereocenters. The normalized spacial score (nSPS) is 21.8. The SMILES string of the molecule is NCC1(C(=O)N(CC(=O)O)CC2CC2)CCCC1. The molecule has 5 nitrogen and oxygen atoms in total. The number of carbonyl (C=O) groups excluding carboxylic acids is 1. The Bertz CT molecular complexity index is 333. The first-order valence-electron chi connectivity index (χ1n) is 6.79. The van der Waals surface area contributed by atoms with Crippen molar-refractivity contribution < 1.29 is 14.7 Å². The second kappa shape index (κ2) is 5.26. The molecule has 2 saturated carbocycles. The molecule has 2 aliphatic carbocycles. The van der Waals surface area contributed by atoms with E-state index < -0.39 is 11.4 Å². The van der Waals surface area contributed by atoms with Gasteiger partial charge in [-0.3, -0.25) is 9.59 Å². The highest BCUT2D eigenvalue weighted by Gasteiger charge is 2.43. The van der Waals surface area contributed by atoms with E-state index >= 15 is 0 Å². The van der Waals surface area contributed by atoms with Gasteiger partial charge in [0.2, 0.25) is 5.91 Å². The van der Waals surface area contributed by atoms with Crippen LogP contribution in [0.4, 0.5) is 0 Å². The Labute approximate surface area is 107 Å². The van der Waals surface area contributed by atoms with Crippen molar-refractivity contribution >= 4 is 11.9 Å². The lowest BCUT2D eigenvalue weighted by molar-refractivity contribution is -0.149. The molecule has 0 bridgehead atoms. The molecule has 3 N–H and O–H groups in total. The summed E-state index contributed by atoms with van der Waals surface area (Å²) in [5.74, 6) is -0.463. The zero-order valence-electron chi connectivity index (χ0n) is 10.7. The minimum absolute atomic E-state index is 0.0307. The third-order valence-corrected chi connectivity index (χ3v) is 4.19. The zero-order chi connectivity index (χ0) is 13.2. The van der Waals surface area contributed by atoms with E-state index in [0.29, 0.717) is 19.0 Å². The van der Waals surface area contributed by atoms with E-state index in [2.05, 4.69) is 0 Å². The smallest absolute Gasteiger partial charge is 0.323 e. The lowest BCUT2D eigenvalue weighted by atomic mass is 9.84. The number of rotatable bonds is 6. The van der Waals surface area contributed by atoms with Crippen LogP contribution in [0.15, 0.2) is 0 Å². The van der Waals surface area contributed by atoms with Gasteiger partial charge in [0.1, 0.15) is 6.54 Å². The number of hydrogen-bond donors (Lipinski definition) is 2. The fourth-order valence-electron chi connectivity index (χ4n) is 2.89. The highest BCUT2D eigenvalue weighted by atomic mass is 16.4. The predicted octanol–water partition coefficient (Wildman–Crippen LogP) is 0.829. The molecule has 0 spiro atoms. The first-order valence-corrected chi connectivity index (χ1v) is 6.79. The van der Waals surface area contributed by atoms with Crippen molar-refractivity contribution in [2.24, 2.45) is 17.1 Å². The fraction of sp³-hybridized carbons (Fsp3) is 0.846. The quantitative estimate of drug-likeness (QED) is 0.735. The summed E-state index contributed by atoms with van der Waals surface area (Å²) in [6, 6.07) is 0. The number of carboxylic acids is 1. The van der Waals surface area contributed by atoms with Crippen LogP contribution in [0.3, 0.4) is 0 Å². The summed E-state index contributed by atoms with van der Waals surface area (Å²) in [6.07, 6.45) is 5.88. The minimum Gasteiger partial charge on any atom is -0.480 e. The fourth-order valence-corrected chi connectivity index (χ4v) is 2.89. The van der Waals surface area contributed by atoms with Gasteiger partial charge in [-0.1, -0.05) is 12.8 Å². The molecule has 5 heteroatoms. The number of aliphatic carboxylic acids is 1. The second-order valence-electron chi connectivity index (χ2n) is 5.71. The van der Waals surface area contributed by atoms with Crippen LogP contribution in [0.25, 0.3) is 0 Å². The molecule has 2 rings (SSSR count). The molecular formula is C13H22N2O3. The van der Waals surface area contributed by atoms with E-state index in [1.807, 2.05) is 0 Å². The lowest BCUT2D eigenvalue weighted by Crippen LogP contribution is -2.49. The molecule has 0 aliphatic heterocycles. The molecule has 0 aromatic rings. The number of hydrogen-bond acceptors (Lipinski definition) is 3. The number of nitrogens with two attached hydrogens (primary N) is 1. The average Bonchev–Trinajstić information content (AvgIpc) is 3.02. The van der Waals surface area contributed by atoms with E-state index in [9.17, 15) is 9.59 Å². The molecule has 2 aliphatic rings. The Balaban J connectivity index is 2.07.